The number of aryl methyl sites for hydroxylation is 2. The fourth-order valence-corrected chi connectivity index (χ4v) is 2.44. The Balaban J connectivity index is 2.48. The van der Waals surface area contributed by atoms with Gasteiger partial charge in [-0.2, -0.15) is 5.26 Å². The molecule has 4 nitrogen and oxygen atoms in total. The van der Waals surface area contributed by atoms with E-state index in [2.05, 4.69) is 5.32 Å². The molecule has 0 saturated carbocycles. The number of amides is 1. The molecule has 0 aliphatic carbocycles. The fourth-order valence-electron chi connectivity index (χ4n) is 1.50. The molecule has 0 saturated heterocycles. The minimum absolute atomic E-state index is 0.0103. The number of nitrogens with one attached hydrogen (secondary N) is 1. The van der Waals surface area contributed by atoms with Crippen molar-refractivity contribution in [1.29, 1.82) is 5.26 Å². The molecule has 0 spiro atoms. The highest BCUT2D eigenvalue weighted by Gasteiger charge is 2.13. The van der Waals surface area contributed by atoms with E-state index in [1.54, 1.807) is 11.3 Å². The van der Waals surface area contributed by atoms with Gasteiger partial charge in [0, 0.05) is 28.2 Å². The van der Waals surface area contributed by atoms with Crippen molar-refractivity contribution in [3.63, 3.8) is 0 Å². The van der Waals surface area contributed by atoms with Crippen LogP contribution in [0, 0.1) is 25.2 Å². The van der Waals surface area contributed by atoms with E-state index in [1.165, 1.54) is 0 Å². The van der Waals surface area contributed by atoms with Crippen LogP contribution in [-0.2, 0) is 4.79 Å². The van der Waals surface area contributed by atoms with Crippen LogP contribution in [0.2, 0.25) is 0 Å². The first-order valence-corrected chi connectivity index (χ1v) is 6.10. The molecule has 0 aliphatic heterocycles. The lowest BCUT2D eigenvalue weighted by Gasteiger charge is -2.00. The van der Waals surface area contributed by atoms with Crippen molar-refractivity contribution in [2.75, 3.05) is 6.54 Å². The van der Waals surface area contributed by atoms with E-state index < -0.39 is 0 Å². The van der Waals surface area contributed by atoms with Gasteiger partial charge in [-0.25, -0.2) is 0 Å². The second kappa shape index (κ2) is 6.16. The number of hydrogen-bond donors (Lipinski definition) is 1. The van der Waals surface area contributed by atoms with Crippen LogP contribution in [0.3, 0.4) is 0 Å². The highest BCUT2D eigenvalue weighted by atomic mass is 32.1. The smallest absolute Gasteiger partial charge is 0.221 e. The van der Waals surface area contributed by atoms with Crippen LogP contribution in [0.25, 0.3) is 0 Å². The van der Waals surface area contributed by atoms with Gasteiger partial charge in [0.05, 0.1) is 6.07 Å². The summed E-state index contributed by atoms with van der Waals surface area (Å²) in [6.07, 6.45) is 0.323. The quantitative estimate of drug-likeness (QED) is 0.641. The summed E-state index contributed by atoms with van der Waals surface area (Å²) in [5, 5.41) is 10.7. The largest absolute Gasteiger partial charge is 0.343 e. The van der Waals surface area contributed by atoms with E-state index >= 15 is 0 Å². The van der Waals surface area contributed by atoms with Gasteiger partial charge in [0.15, 0.2) is 5.78 Å². The van der Waals surface area contributed by atoms with Crippen molar-refractivity contribution in [3.8, 4) is 6.07 Å². The summed E-state index contributed by atoms with van der Waals surface area (Å²) in [4.78, 5) is 25.1. The predicted molar refractivity (Wildman–Crippen MR) is 66.0 cm³/mol. The van der Waals surface area contributed by atoms with Crippen LogP contribution in [0.1, 0.15) is 33.0 Å². The topological polar surface area (TPSA) is 70.0 Å². The van der Waals surface area contributed by atoms with Gasteiger partial charge < -0.3 is 5.32 Å². The number of nitriles is 1. The molecule has 17 heavy (non-hydrogen) atoms. The molecule has 90 valence electrons. The lowest BCUT2D eigenvalue weighted by Crippen LogP contribution is -2.23. The summed E-state index contributed by atoms with van der Waals surface area (Å²) in [6.45, 7) is 3.85. The Morgan fingerprint density at radius 1 is 1.41 bits per heavy atom. The Hall–Kier alpha value is -1.67. The van der Waals surface area contributed by atoms with Crippen molar-refractivity contribution < 1.29 is 9.59 Å². The summed E-state index contributed by atoms with van der Waals surface area (Å²) >= 11 is 1.58. The summed E-state index contributed by atoms with van der Waals surface area (Å²) in [5.41, 5.74) is 0.709. The molecule has 1 N–H and O–H groups in total. The lowest BCUT2D eigenvalue weighted by atomic mass is 10.1. The maximum absolute atomic E-state index is 11.8. The van der Waals surface area contributed by atoms with Gasteiger partial charge >= 0.3 is 0 Å². The molecule has 1 amide bonds. The third kappa shape index (κ3) is 4.00. The highest BCUT2D eigenvalue weighted by molar-refractivity contribution is 7.12. The molecular formula is C12H14N2O2S. The van der Waals surface area contributed by atoms with Crippen LogP contribution in [0.15, 0.2) is 6.07 Å². The second-order valence-electron chi connectivity index (χ2n) is 3.68. The van der Waals surface area contributed by atoms with Gasteiger partial charge in [0.25, 0.3) is 0 Å². The molecule has 0 atom stereocenters. The normalized spacial score (nSPS) is 9.71. The number of hydrogen-bond acceptors (Lipinski definition) is 4. The first kappa shape index (κ1) is 13.4. The molecule has 0 aromatic carbocycles. The van der Waals surface area contributed by atoms with Crippen LogP contribution >= 0.6 is 11.3 Å². The average Bonchev–Trinajstić information content (AvgIpc) is 2.62. The van der Waals surface area contributed by atoms with Crippen LogP contribution in [-0.4, -0.2) is 18.2 Å². The Labute approximate surface area is 104 Å². The summed E-state index contributed by atoms with van der Waals surface area (Å²) in [6, 6.07) is 3.67. The van der Waals surface area contributed by atoms with Gasteiger partial charge in [0.2, 0.25) is 5.91 Å². The third-order valence-corrected chi connectivity index (χ3v) is 3.25. The van der Waals surface area contributed by atoms with Crippen LogP contribution < -0.4 is 5.32 Å². The molecule has 0 unspecified atom stereocenters. The van der Waals surface area contributed by atoms with Gasteiger partial charge in [-0.15, -0.1) is 11.3 Å². The molecule has 0 aliphatic rings. The molecule has 1 heterocycles. The van der Waals surface area contributed by atoms with Crippen molar-refractivity contribution in [1.82, 2.24) is 5.32 Å². The summed E-state index contributed by atoms with van der Waals surface area (Å²) in [7, 11) is 0. The first-order valence-electron chi connectivity index (χ1n) is 5.28. The fraction of sp³-hybridized carbons (Fsp3) is 0.417. The summed E-state index contributed by atoms with van der Waals surface area (Å²) < 4.78 is 0. The van der Waals surface area contributed by atoms with Crippen LogP contribution in [0.5, 0.6) is 0 Å². The monoisotopic (exact) mass is 250 g/mol. The first-order chi connectivity index (χ1) is 8.04. The maximum Gasteiger partial charge on any atom is 0.221 e. The molecule has 1 aromatic heterocycles. The molecular weight excluding hydrogens is 236 g/mol. The average molecular weight is 250 g/mol. The second-order valence-corrected chi connectivity index (χ2v) is 5.15. The van der Waals surface area contributed by atoms with E-state index in [1.807, 2.05) is 26.0 Å². The summed E-state index contributed by atoms with van der Waals surface area (Å²) in [5.74, 6) is -0.275. The predicted octanol–water partition coefficient (Wildman–Crippen LogP) is 1.97. The van der Waals surface area contributed by atoms with Crippen molar-refractivity contribution in [2.45, 2.75) is 26.7 Å². The number of Topliss-reactive ketones (excluding diaryl/α,β-unsaturated/α-hetero) is 1. The van der Waals surface area contributed by atoms with Gasteiger partial charge in [0.1, 0.15) is 6.54 Å². The molecule has 1 aromatic rings. The minimum atomic E-state index is -0.260. The van der Waals surface area contributed by atoms with Crippen molar-refractivity contribution >= 4 is 23.0 Å². The number of ketones is 1. The molecule has 5 heteroatoms. The van der Waals surface area contributed by atoms with E-state index in [0.29, 0.717) is 5.56 Å². The van der Waals surface area contributed by atoms with E-state index in [-0.39, 0.29) is 31.1 Å². The zero-order valence-corrected chi connectivity index (χ0v) is 10.7. The molecule has 0 fully saturated rings. The maximum atomic E-state index is 11.8. The number of nitrogens with zero attached hydrogens (tertiary/aromatic N) is 1. The van der Waals surface area contributed by atoms with Crippen molar-refractivity contribution in [3.05, 3.63) is 21.4 Å². The number of rotatable bonds is 5. The van der Waals surface area contributed by atoms with Gasteiger partial charge in [-0.1, -0.05) is 0 Å². The molecule has 0 bridgehead atoms. The van der Waals surface area contributed by atoms with E-state index in [9.17, 15) is 9.59 Å². The zero-order valence-electron chi connectivity index (χ0n) is 9.87. The lowest BCUT2D eigenvalue weighted by molar-refractivity contribution is -0.120. The van der Waals surface area contributed by atoms with Crippen molar-refractivity contribution in [2.24, 2.45) is 0 Å². The highest BCUT2D eigenvalue weighted by Crippen LogP contribution is 2.22. The Morgan fingerprint density at radius 2 is 2.12 bits per heavy atom. The Morgan fingerprint density at radius 3 is 2.65 bits per heavy atom. The third-order valence-electron chi connectivity index (χ3n) is 2.29. The number of thiophene rings is 1. The Kier molecular flexibility index (Phi) is 4.85. The minimum Gasteiger partial charge on any atom is -0.343 e. The van der Waals surface area contributed by atoms with E-state index in [4.69, 9.17) is 5.26 Å². The standard InChI is InChI=1S/C12H14N2O2S/c1-8-7-10(9(2)17-8)11(15)3-4-12(16)14-6-5-13/h7H,3-4,6H2,1-2H3,(H,14,16). The SMILES string of the molecule is Cc1cc(C(=O)CCC(=O)NCC#N)c(C)s1. The Bertz CT molecular complexity index is 471. The number of carbonyl (C=O) groups excluding carboxylic acids is 2. The molecule has 0 radical (unpaired) electrons. The van der Waals surface area contributed by atoms with Crippen LogP contribution in [0.4, 0.5) is 0 Å². The van der Waals surface area contributed by atoms with Gasteiger partial charge in [-0.05, 0) is 19.9 Å². The zero-order chi connectivity index (χ0) is 12.8. The van der Waals surface area contributed by atoms with Gasteiger partial charge in [-0.3, -0.25) is 9.59 Å². The van der Waals surface area contributed by atoms with E-state index in [0.717, 1.165) is 9.75 Å². The molecule has 1 rings (SSSR count). The number of carbonyl (C=O) groups is 2.